The van der Waals surface area contributed by atoms with Gasteiger partial charge in [-0.3, -0.25) is 10.1 Å². The van der Waals surface area contributed by atoms with E-state index in [9.17, 15) is 9.90 Å². The van der Waals surface area contributed by atoms with Crippen LogP contribution in [0.1, 0.15) is 30.6 Å². The van der Waals surface area contributed by atoms with E-state index in [1.807, 2.05) is 6.07 Å². The van der Waals surface area contributed by atoms with Gasteiger partial charge < -0.3 is 15.2 Å². The number of rotatable bonds is 6. The van der Waals surface area contributed by atoms with E-state index in [1.165, 1.54) is 6.07 Å². The number of benzene rings is 2. The van der Waals surface area contributed by atoms with Crippen LogP contribution in [-0.2, 0) is 0 Å². The van der Waals surface area contributed by atoms with Crippen LogP contribution in [-0.4, -0.2) is 22.7 Å². The van der Waals surface area contributed by atoms with Gasteiger partial charge in [0, 0.05) is 16.2 Å². The molecule has 0 aromatic heterocycles. The van der Waals surface area contributed by atoms with Crippen molar-refractivity contribution < 1.29 is 14.6 Å². The molecule has 2 aromatic carbocycles. The predicted molar refractivity (Wildman–Crippen MR) is 111 cm³/mol. The molecule has 0 atom stereocenters. The summed E-state index contributed by atoms with van der Waals surface area (Å²) in [5.41, 5.74) is 0.973. The molecule has 0 fully saturated rings. The van der Waals surface area contributed by atoms with Crippen LogP contribution >= 0.6 is 28.1 Å². The topological polar surface area (TPSA) is 70.6 Å². The van der Waals surface area contributed by atoms with Crippen LogP contribution in [0.3, 0.4) is 0 Å². The highest BCUT2D eigenvalue weighted by atomic mass is 79.9. The summed E-state index contributed by atoms with van der Waals surface area (Å²) < 4.78 is 6.53. The van der Waals surface area contributed by atoms with E-state index in [-0.39, 0.29) is 16.8 Å². The van der Waals surface area contributed by atoms with Crippen LogP contribution in [0.15, 0.2) is 46.9 Å². The van der Waals surface area contributed by atoms with Crippen LogP contribution < -0.4 is 15.4 Å². The van der Waals surface area contributed by atoms with Gasteiger partial charge in [0.2, 0.25) is 0 Å². The Bertz CT molecular complexity index is 796. The minimum Gasteiger partial charge on any atom is -0.508 e. The number of carbonyl (C=O) groups is 1. The lowest BCUT2D eigenvalue weighted by molar-refractivity contribution is 0.0973. The van der Waals surface area contributed by atoms with Crippen molar-refractivity contribution >= 4 is 44.9 Å². The minimum atomic E-state index is -0.372. The van der Waals surface area contributed by atoms with Gasteiger partial charge in [-0.05, 0) is 54.9 Å². The van der Waals surface area contributed by atoms with Gasteiger partial charge in [0.05, 0.1) is 12.2 Å². The van der Waals surface area contributed by atoms with E-state index < -0.39 is 0 Å². The molecule has 7 heteroatoms. The van der Waals surface area contributed by atoms with E-state index in [1.54, 1.807) is 30.3 Å². The first kappa shape index (κ1) is 20.2. The van der Waals surface area contributed by atoms with E-state index in [4.69, 9.17) is 17.0 Å². The molecule has 0 spiro atoms. The van der Waals surface area contributed by atoms with Crippen LogP contribution in [0.5, 0.6) is 11.5 Å². The normalized spacial score (nSPS) is 10.5. The molecule has 0 radical (unpaired) electrons. The molecule has 5 nitrogen and oxygen atoms in total. The molecule has 0 bridgehead atoms. The Balaban J connectivity index is 2.05. The highest BCUT2D eigenvalue weighted by Gasteiger charge is 2.15. The molecule has 26 heavy (non-hydrogen) atoms. The Labute approximate surface area is 166 Å². The summed E-state index contributed by atoms with van der Waals surface area (Å²) in [6.45, 7) is 4.76. The number of thiocarbonyl (C=S) groups is 1. The van der Waals surface area contributed by atoms with Crippen molar-refractivity contribution in [3.05, 3.63) is 52.5 Å². The summed E-state index contributed by atoms with van der Waals surface area (Å²) in [7, 11) is 0. The van der Waals surface area contributed by atoms with Crippen LogP contribution in [0.25, 0.3) is 0 Å². The smallest absolute Gasteiger partial charge is 0.261 e. The van der Waals surface area contributed by atoms with Crippen molar-refractivity contribution in [2.24, 2.45) is 5.92 Å². The number of carbonyl (C=O) groups excluding carboxylic acids is 1. The number of hydrogen-bond donors (Lipinski definition) is 3. The first-order valence-corrected chi connectivity index (χ1v) is 9.39. The summed E-state index contributed by atoms with van der Waals surface area (Å²) in [6, 6.07) is 11.7. The fourth-order valence-corrected chi connectivity index (χ4v) is 2.70. The molecule has 0 saturated carbocycles. The molecule has 0 aliphatic heterocycles. The van der Waals surface area contributed by atoms with Crippen LogP contribution in [0.4, 0.5) is 5.69 Å². The lowest BCUT2D eigenvalue weighted by Gasteiger charge is -2.14. The van der Waals surface area contributed by atoms with Crippen molar-refractivity contribution in [3.8, 4) is 11.5 Å². The predicted octanol–water partition coefficient (Wildman–Crippen LogP) is 4.71. The Hall–Kier alpha value is -2.12. The first-order chi connectivity index (χ1) is 12.3. The van der Waals surface area contributed by atoms with E-state index in [0.29, 0.717) is 29.5 Å². The number of phenols is 1. The second-order valence-electron chi connectivity index (χ2n) is 6.13. The first-order valence-electron chi connectivity index (χ1n) is 8.19. The largest absolute Gasteiger partial charge is 0.508 e. The lowest BCUT2D eigenvalue weighted by atomic mass is 10.1. The number of ether oxygens (including phenoxy) is 1. The minimum absolute atomic E-state index is 0.108. The quantitative estimate of drug-likeness (QED) is 0.572. The zero-order chi connectivity index (χ0) is 19.1. The van der Waals surface area contributed by atoms with Crippen molar-refractivity contribution in [1.82, 2.24) is 5.32 Å². The summed E-state index contributed by atoms with van der Waals surface area (Å²) in [5, 5.41) is 15.1. The molecular weight excluding hydrogens is 416 g/mol. The molecule has 138 valence electrons. The monoisotopic (exact) mass is 436 g/mol. The average molecular weight is 437 g/mol. The van der Waals surface area contributed by atoms with Crippen LogP contribution in [0, 0.1) is 5.92 Å². The average Bonchev–Trinajstić information content (AvgIpc) is 2.55. The molecule has 0 aliphatic carbocycles. The summed E-state index contributed by atoms with van der Waals surface area (Å²) >= 11 is 8.55. The molecule has 0 saturated heterocycles. The zero-order valence-corrected chi connectivity index (χ0v) is 17.0. The Morgan fingerprint density at radius 2 is 2.04 bits per heavy atom. The highest BCUT2D eigenvalue weighted by Crippen LogP contribution is 2.24. The fourth-order valence-electron chi connectivity index (χ4n) is 2.13. The molecule has 0 aliphatic rings. The Kier molecular flexibility index (Phi) is 7.41. The van der Waals surface area contributed by atoms with Gasteiger partial charge >= 0.3 is 0 Å². The number of amides is 1. The van der Waals surface area contributed by atoms with E-state index >= 15 is 0 Å². The molecule has 0 unspecified atom stereocenters. The van der Waals surface area contributed by atoms with Crippen molar-refractivity contribution in [2.75, 3.05) is 11.9 Å². The number of halogens is 1. The molecule has 3 N–H and O–H groups in total. The standard InChI is InChI=1S/C19H21BrN2O3S/c1-12(2)8-9-25-17-7-6-13(20)10-16(17)18(24)22-19(26)21-14-4-3-5-15(23)11-14/h3-7,10-12,23H,8-9H2,1-2H3,(H2,21,22,24,26). The van der Waals surface area contributed by atoms with Gasteiger partial charge in [-0.1, -0.05) is 35.8 Å². The number of nitrogens with one attached hydrogen (secondary N) is 2. The van der Waals surface area contributed by atoms with Crippen molar-refractivity contribution in [3.63, 3.8) is 0 Å². The second-order valence-corrected chi connectivity index (χ2v) is 7.45. The molecule has 0 heterocycles. The number of hydrogen-bond acceptors (Lipinski definition) is 4. The van der Waals surface area contributed by atoms with Gasteiger partial charge in [-0.2, -0.15) is 0 Å². The van der Waals surface area contributed by atoms with Gasteiger partial charge in [-0.25, -0.2) is 0 Å². The maximum atomic E-state index is 12.6. The lowest BCUT2D eigenvalue weighted by Crippen LogP contribution is -2.34. The number of phenolic OH excluding ortho intramolecular Hbond substituents is 1. The second kappa shape index (κ2) is 9.54. The van der Waals surface area contributed by atoms with Crippen LogP contribution in [0.2, 0.25) is 0 Å². The van der Waals surface area contributed by atoms with E-state index in [0.717, 1.165) is 10.9 Å². The van der Waals surface area contributed by atoms with Gasteiger partial charge in [0.1, 0.15) is 11.5 Å². The van der Waals surface area contributed by atoms with E-state index in [2.05, 4.69) is 40.4 Å². The summed E-state index contributed by atoms with van der Waals surface area (Å²) in [4.78, 5) is 12.6. The fraction of sp³-hybridized carbons (Fsp3) is 0.263. The number of anilines is 1. The third kappa shape index (κ3) is 6.31. The molecule has 1 amide bonds. The maximum absolute atomic E-state index is 12.6. The molecular formula is C19H21BrN2O3S. The van der Waals surface area contributed by atoms with Gasteiger partial charge in [-0.15, -0.1) is 0 Å². The van der Waals surface area contributed by atoms with Gasteiger partial charge in [0.25, 0.3) is 5.91 Å². The molecule has 2 aromatic rings. The zero-order valence-electron chi connectivity index (χ0n) is 14.6. The highest BCUT2D eigenvalue weighted by molar-refractivity contribution is 9.10. The van der Waals surface area contributed by atoms with Crippen molar-refractivity contribution in [1.29, 1.82) is 0 Å². The maximum Gasteiger partial charge on any atom is 0.261 e. The SMILES string of the molecule is CC(C)CCOc1ccc(Br)cc1C(=O)NC(=S)Nc1cccc(O)c1. The Morgan fingerprint density at radius 1 is 1.27 bits per heavy atom. The molecule has 2 rings (SSSR count). The summed E-state index contributed by atoms with van der Waals surface area (Å²) in [6.07, 6.45) is 0.897. The summed E-state index contributed by atoms with van der Waals surface area (Å²) in [5.74, 6) is 0.758. The van der Waals surface area contributed by atoms with Crippen molar-refractivity contribution in [2.45, 2.75) is 20.3 Å². The number of aromatic hydroxyl groups is 1. The Morgan fingerprint density at radius 3 is 2.73 bits per heavy atom. The third-order valence-electron chi connectivity index (χ3n) is 3.47. The third-order valence-corrected chi connectivity index (χ3v) is 4.17. The van der Waals surface area contributed by atoms with Gasteiger partial charge in [0.15, 0.2) is 5.11 Å².